The zero-order valence-electron chi connectivity index (χ0n) is 11.7. The molecule has 0 bridgehead atoms. The number of likely N-dealkylation sites (N-methyl/N-ethyl adjacent to an activating group) is 1. The molecule has 0 atom stereocenters. The second-order valence-corrected chi connectivity index (χ2v) is 5.43. The minimum Gasteiger partial charge on any atom is -0.394 e. The Morgan fingerprint density at radius 3 is 2.35 bits per heavy atom. The number of aryl methyl sites for hydroxylation is 1. The highest BCUT2D eigenvalue weighted by molar-refractivity contribution is 5.67. The first-order chi connectivity index (χ1) is 7.72. The van der Waals surface area contributed by atoms with Crippen LogP contribution in [0.25, 0.3) is 0 Å². The van der Waals surface area contributed by atoms with Crippen molar-refractivity contribution in [2.45, 2.75) is 39.2 Å². The number of aliphatic hydroxyl groups is 1. The van der Waals surface area contributed by atoms with E-state index in [4.69, 9.17) is 5.73 Å². The Balaban J connectivity index is 3.23. The molecule has 1 heterocycles. The highest BCUT2D eigenvalue weighted by Crippen LogP contribution is 2.33. The maximum absolute atomic E-state index is 9.41. The third-order valence-corrected chi connectivity index (χ3v) is 3.24. The Hall–Kier alpha value is -1.23. The summed E-state index contributed by atoms with van der Waals surface area (Å²) in [5, 5.41) is 13.9. The molecule has 0 saturated carbocycles. The molecule has 0 aliphatic rings. The molecule has 1 rings (SSSR count). The Bertz CT molecular complexity index is 395. The third kappa shape index (κ3) is 2.39. The Labute approximate surface area is 103 Å². The summed E-state index contributed by atoms with van der Waals surface area (Å²) in [4.78, 5) is 1.97. The predicted molar refractivity (Wildman–Crippen MR) is 71.3 cm³/mol. The third-order valence-electron chi connectivity index (χ3n) is 3.24. The van der Waals surface area contributed by atoms with Crippen molar-refractivity contribution in [3.63, 3.8) is 0 Å². The Morgan fingerprint density at radius 1 is 1.47 bits per heavy atom. The summed E-state index contributed by atoms with van der Waals surface area (Å²) in [6, 6.07) is 0. The minimum atomic E-state index is -0.365. The summed E-state index contributed by atoms with van der Waals surface area (Å²) in [5.41, 5.74) is 7.39. The topological polar surface area (TPSA) is 67.3 Å². The van der Waals surface area contributed by atoms with Crippen molar-refractivity contribution >= 4 is 11.5 Å². The Morgan fingerprint density at radius 2 is 2.00 bits per heavy atom. The van der Waals surface area contributed by atoms with Gasteiger partial charge in [0.1, 0.15) is 0 Å². The van der Waals surface area contributed by atoms with E-state index in [0.717, 1.165) is 11.5 Å². The van der Waals surface area contributed by atoms with Crippen LogP contribution in [0.5, 0.6) is 0 Å². The molecule has 1 aromatic rings. The second kappa shape index (κ2) is 4.56. The molecule has 98 valence electrons. The lowest BCUT2D eigenvalue weighted by Gasteiger charge is -2.35. The van der Waals surface area contributed by atoms with Crippen LogP contribution in [0.3, 0.4) is 0 Å². The number of aromatic nitrogens is 2. The van der Waals surface area contributed by atoms with E-state index in [1.165, 1.54) is 0 Å². The number of nitrogens with zero attached hydrogens (tertiary/aromatic N) is 3. The Kier molecular flexibility index (Phi) is 3.71. The SMILES string of the molecule is CC(C)c1nn(C)c(N(C)C(C)(C)CO)c1N. The van der Waals surface area contributed by atoms with E-state index in [1.54, 1.807) is 4.68 Å². The van der Waals surface area contributed by atoms with Crippen LogP contribution in [-0.2, 0) is 7.05 Å². The van der Waals surface area contributed by atoms with Gasteiger partial charge in [0.2, 0.25) is 0 Å². The van der Waals surface area contributed by atoms with Gasteiger partial charge in [-0.2, -0.15) is 5.10 Å². The zero-order chi connectivity index (χ0) is 13.4. The van der Waals surface area contributed by atoms with E-state index in [0.29, 0.717) is 11.6 Å². The van der Waals surface area contributed by atoms with Crippen LogP contribution in [0.4, 0.5) is 11.5 Å². The van der Waals surface area contributed by atoms with Gasteiger partial charge < -0.3 is 15.7 Å². The van der Waals surface area contributed by atoms with Crippen LogP contribution in [0.2, 0.25) is 0 Å². The molecular weight excluding hydrogens is 216 g/mol. The van der Waals surface area contributed by atoms with Crippen LogP contribution in [0.1, 0.15) is 39.3 Å². The smallest absolute Gasteiger partial charge is 0.150 e. The molecular formula is C12H24N4O. The largest absolute Gasteiger partial charge is 0.394 e. The van der Waals surface area contributed by atoms with Gasteiger partial charge in [-0.05, 0) is 19.8 Å². The molecule has 0 aliphatic heterocycles. The molecule has 5 heteroatoms. The van der Waals surface area contributed by atoms with Crippen molar-refractivity contribution in [3.8, 4) is 0 Å². The van der Waals surface area contributed by atoms with Crippen molar-refractivity contribution in [1.82, 2.24) is 9.78 Å². The van der Waals surface area contributed by atoms with Crippen LogP contribution >= 0.6 is 0 Å². The minimum absolute atomic E-state index is 0.0606. The number of aliphatic hydroxyl groups excluding tert-OH is 1. The predicted octanol–water partition coefficient (Wildman–Crippen LogP) is 1.33. The van der Waals surface area contributed by atoms with Gasteiger partial charge in [-0.15, -0.1) is 0 Å². The molecule has 0 aromatic carbocycles. The second-order valence-electron chi connectivity index (χ2n) is 5.43. The fourth-order valence-corrected chi connectivity index (χ4v) is 1.77. The van der Waals surface area contributed by atoms with E-state index in [1.807, 2.05) is 32.8 Å². The number of nitrogens with two attached hydrogens (primary N) is 1. The average Bonchev–Trinajstić information content (AvgIpc) is 2.53. The lowest BCUT2D eigenvalue weighted by atomic mass is 10.0. The fourth-order valence-electron chi connectivity index (χ4n) is 1.77. The first kappa shape index (κ1) is 13.8. The maximum Gasteiger partial charge on any atom is 0.150 e. The van der Waals surface area contributed by atoms with Crippen molar-refractivity contribution < 1.29 is 5.11 Å². The summed E-state index contributed by atoms with van der Waals surface area (Å²) in [5.74, 6) is 1.15. The number of rotatable bonds is 4. The molecule has 3 N–H and O–H groups in total. The molecule has 1 aromatic heterocycles. The first-order valence-electron chi connectivity index (χ1n) is 5.89. The van der Waals surface area contributed by atoms with E-state index >= 15 is 0 Å². The highest BCUT2D eigenvalue weighted by Gasteiger charge is 2.28. The number of anilines is 2. The average molecular weight is 240 g/mol. The van der Waals surface area contributed by atoms with Gasteiger partial charge in [-0.25, -0.2) is 0 Å². The quantitative estimate of drug-likeness (QED) is 0.833. The molecule has 0 aliphatic carbocycles. The van der Waals surface area contributed by atoms with Gasteiger partial charge in [0.05, 0.1) is 23.5 Å². The summed E-state index contributed by atoms with van der Waals surface area (Å²) < 4.78 is 1.78. The normalized spacial score (nSPS) is 12.2. The molecule has 0 amide bonds. The van der Waals surface area contributed by atoms with Gasteiger partial charge in [0.15, 0.2) is 5.82 Å². The van der Waals surface area contributed by atoms with Crippen LogP contribution in [0, 0.1) is 0 Å². The van der Waals surface area contributed by atoms with Crippen molar-refractivity contribution in [3.05, 3.63) is 5.69 Å². The highest BCUT2D eigenvalue weighted by atomic mass is 16.3. The van der Waals surface area contributed by atoms with Gasteiger partial charge >= 0.3 is 0 Å². The molecule has 0 radical (unpaired) electrons. The van der Waals surface area contributed by atoms with Crippen molar-refractivity contribution in [2.75, 3.05) is 24.3 Å². The lowest BCUT2D eigenvalue weighted by Crippen LogP contribution is -2.45. The summed E-state index contributed by atoms with van der Waals surface area (Å²) in [7, 11) is 3.80. The molecule has 17 heavy (non-hydrogen) atoms. The van der Waals surface area contributed by atoms with E-state index in [2.05, 4.69) is 18.9 Å². The monoisotopic (exact) mass is 240 g/mol. The molecule has 5 nitrogen and oxygen atoms in total. The van der Waals surface area contributed by atoms with Gasteiger partial charge in [-0.1, -0.05) is 13.8 Å². The fraction of sp³-hybridized carbons (Fsp3) is 0.750. The molecule has 0 saturated heterocycles. The van der Waals surface area contributed by atoms with E-state index in [9.17, 15) is 5.11 Å². The van der Waals surface area contributed by atoms with E-state index in [-0.39, 0.29) is 12.1 Å². The van der Waals surface area contributed by atoms with Crippen molar-refractivity contribution in [1.29, 1.82) is 0 Å². The standard InChI is InChI=1S/C12H24N4O/c1-8(2)10-9(13)11(16(6)14-10)15(5)12(3,4)7-17/h8,17H,7,13H2,1-6H3. The number of nitrogen functional groups attached to an aromatic ring is 1. The van der Waals surface area contributed by atoms with Crippen LogP contribution in [-0.4, -0.2) is 34.1 Å². The van der Waals surface area contributed by atoms with E-state index < -0.39 is 0 Å². The van der Waals surface area contributed by atoms with Gasteiger partial charge in [0.25, 0.3) is 0 Å². The number of hydrogen-bond donors (Lipinski definition) is 2. The van der Waals surface area contributed by atoms with Gasteiger partial charge in [-0.3, -0.25) is 4.68 Å². The zero-order valence-corrected chi connectivity index (χ0v) is 11.7. The summed E-state index contributed by atoms with van der Waals surface area (Å²) in [6.45, 7) is 8.13. The lowest BCUT2D eigenvalue weighted by molar-refractivity contribution is 0.215. The summed E-state index contributed by atoms with van der Waals surface area (Å²) >= 11 is 0. The van der Waals surface area contributed by atoms with Gasteiger partial charge in [0, 0.05) is 14.1 Å². The molecule has 0 spiro atoms. The van der Waals surface area contributed by atoms with Crippen LogP contribution in [0.15, 0.2) is 0 Å². The molecule has 0 unspecified atom stereocenters. The van der Waals surface area contributed by atoms with Crippen molar-refractivity contribution in [2.24, 2.45) is 7.05 Å². The maximum atomic E-state index is 9.41. The molecule has 0 fully saturated rings. The van der Waals surface area contributed by atoms with Crippen LogP contribution < -0.4 is 10.6 Å². The number of hydrogen-bond acceptors (Lipinski definition) is 4. The first-order valence-corrected chi connectivity index (χ1v) is 5.89. The summed E-state index contributed by atoms with van der Waals surface area (Å²) in [6.07, 6.45) is 0.